The summed E-state index contributed by atoms with van der Waals surface area (Å²) in [6.45, 7) is -0.0418. The molecule has 2 amide bonds. The minimum absolute atomic E-state index is 0.0841. The largest absolute Gasteiger partial charge is 0.503 e. The van der Waals surface area contributed by atoms with Crippen molar-refractivity contribution in [1.82, 2.24) is 10.2 Å². The van der Waals surface area contributed by atoms with Crippen LogP contribution in [0.3, 0.4) is 0 Å². The van der Waals surface area contributed by atoms with Crippen molar-refractivity contribution in [2.45, 2.75) is 19.4 Å². The molecule has 2 aromatic carbocycles. The first-order valence-electron chi connectivity index (χ1n) is 9.13. The molecule has 0 aromatic heterocycles. The van der Waals surface area contributed by atoms with Crippen LogP contribution >= 0.6 is 23.2 Å². The number of carbonyl (C=O) groups excluding carboxylic acids is 2. The zero-order chi connectivity index (χ0) is 21.8. The van der Waals surface area contributed by atoms with Gasteiger partial charge in [-0.25, -0.2) is 8.78 Å². The van der Waals surface area contributed by atoms with Gasteiger partial charge in [-0.2, -0.15) is 0 Å². The van der Waals surface area contributed by atoms with Gasteiger partial charge in [-0.3, -0.25) is 9.59 Å². The third kappa shape index (κ3) is 5.09. The van der Waals surface area contributed by atoms with Gasteiger partial charge in [0.05, 0.1) is 22.2 Å². The summed E-state index contributed by atoms with van der Waals surface area (Å²) >= 11 is 11.8. The molecule has 2 aromatic rings. The molecule has 1 heterocycles. The van der Waals surface area contributed by atoms with E-state index in [1.165, 1.54) is 6.07 Å². The molecular formula is C21H18Cl2F2N2O3. The fourth-order valence-electron chi connectivity index (χ4n) is 3.08. The van der Waals surface area contributed by atoms with Crippen molar-refractivity contribution in [3.8, 4) is 0 Å². The van der Waals surface area contributed by atoms with E-state index in [2.05, 4.69) is 5.32 Å². The maximum atomic E-state index is 13.8. The van der Waals surface area contributed by atoms with E-state index in [1.807, 2.05) is 6.07 Å². The molecule has 158 valence electrons. The van der Waals surface area contributed by atoms with Gasteiger partial charge in [0.25, 0.3) is 11.8 Å². The van der Waals surface area contributed by atoms with Crippen molar-refractivity contribution < 1.29 is 23.5 Å². The topological polar surface area (TPSA) is 69.6 Å². The summed E-state index contributed by atoms with van der Waals surface area (Å²) in [5, 5.41) is 13.6. The molecule has 1 aliphatic rings. The molecule has 0 spiro atoms. The molecule has 2 N–H and O–H groups in total. The minimum atomic E-state index is -0.803. The van der Waals surface area contributed by atoms with Crippen LogP contribution in [-0.4, -0.2) is 34.9 Å². The summed E-state index contributed by atoms with van der Waals surface area (Å²) in [5.41, 5.74) is 0.960. The molecule has 0 saturated carbocycles. The second kappa shape index (κ2) is 9.45. The van der Waals surface area contributed by atoms with Crippen LogP contribution in [-0.2, 0) is 22.6 Å². The number of hydrogen-bond acceptors (Lipinski definition) is 3. The van der Waals surface area contributed by atoms with Gasteiger partial charge in [-0.15, -0.1) is 0 Å². The Morgan fingerprint density at radius 2 is 1.90 bits per heavy atom. The van der Waals surface area contributed by atoms with Crippen molar-refractivity contribution in [1.29, 1.82) is 0 Å². The third-order valence-electron chi connectivity index (χ3n) is 4.69. The van der Waals surface area contributed by atoms with E-state index in [9.17, 15) is 23.5 Å². The van der Waals surface area contributed by atoms with Crippen molar-refractivity contribution in [3.05, 3.63) is 80.5 Å². The van der Waals surface area contributed by atoms with Crippen LogP contribution in [0.5, 0.6) is 0 Å². The van der Waals surface area contributed by atoms with E-state index >= 15 is 0 Å². The molecule has 9 heteroatoms. The number of hydrogen-bond donors (Lipinski definition) is 2. The van der Waals surface area contributed by atoms with E-state index in [0.717, 1.165) is 16.5 Å². The SMILES string of the molecule is O=C(NCCCc1ccc(Cl)c(Cl)c1)C1=C(O)C(=O)N(Cc2ccc(F)cc2F)C1. The summed E-state index contributed by atoms with van der Waals surface area (Å²) < 4.78 is 26.9. The number of aliphatic hydroxyl groups is 1. The minimum Gasteiger partial charge on any atom is -0.503 e. The smallest absolute Gasteiger partial charge is 0.289 e. The van der Waals surface area contributed by atoms with Crippen LogP contribution < -0.4 is 5.32 Å². The van der Waals surface area contributed by atoms with Crippen LogP contribution in [0.15, 0.2) is 47.7 Å². The molecular weight excluding hydrogens is 437 g/mol. The average molecular weight is 455 g/mol. The summed E-state index contributed by atoms with van der Waals surface area (Å²) in [6, 6.07) is 8.30. The Morgan fingerprint density at radius 3 is 2.60 bits per heavy atom. The summed E-state index contributed by atoms with van der Waals surface area (Å²) in [4.78, 5) is 25.7. The molecule has 0 atom stereocenters. The summed E-state index contributed by atoms with van der Waals surface area (Å²) in [7, 11) is 0. The lowest BCUT2D eigenvalue weighted by molar-refractivity contribution is -0.128. The zero-order valence-electron chi connectivity index (χ0n) is 15.7. The van der Waals surface area contributed by atoms with Crippen LogP contribution in [0.1, 0.15) is 17.5 Å². The lowest BCUT2D eigenvalue weighted by Crippen LogP contribution is -2.30. The molecule has 30 heavy (non-hydrogen) atoms. The van der Waals surface area contributed by atoms with Gasteiger partial charge in [0, 0.05) is 24.7 Å². The normalized spacial score (nSPS) is 13.9. The first kappa shape index (κ1) is 22.1. The van der Waals surface area contributed by atoms with Crippen molar-refractivity contribution in [2.24, 2.45) is 0 Å². The second-order valence-corrected chi connectivity index (χ2v) is 7.65. The number of halogens is 4. The maximum Gasteiger partial charge on any atom is 0.289 e. The van der Waals surface area contributed by atoms with Gasteiger partial charge >= 0.3 is 0 Å². The first-order valence-corrected chi connectivity index (χ1v) is 9.89. The highest BCUT2D eigenvalue weighted by atomic mass is 35.5. The van der Waals surface area contributed by atoms with E-state index in [1.54, 1.807) is 12.1 Å². The second-order valence-electron chi connectivity index (χ2n) is 6.83. The maximum absolute atomic E-state index is 13.8. The number of carbonyl (C=O) groups is 2. The Morgan fingerprint density at radius 1 is 1.13 bits per heavy atom. The Hall–Kier alpha value is -2.64. The molecule has 0 aliphatic carbocycles. The Bertz CT molecular complexity index is 1030. The van der Waals surface area contributed by atoms with E-state index < -0.39 is 29.2 Å². The van der Waals surface area contributed by atoms with Gasteiger partial charge < -0.3 is 15.3 Å². The first-order chi connectivity index (χ1) is 14.3. The molecule has 3 rings (SSSR count). The zero-order valence-corrected chi connectivity index (χ0v) is 17.2. The van der Waals surface area contributed by atoms with Crippen molar-refractivity contribution in [3.63, 3.8) is 0 Å². The molecule has 0 fully saturated rings. The van der Waals surface area contributed by atoms with Gasteiger partial charge in [-0.05, 0) is 36.6 Å². The van der Waals surface area contributed by atoms with Crippen LogP contribution in [0, 0.1) is 11.6 Å². The standard InChI is InChI=1S/C21H18Cl2F2N2O3/c22-16-6-3-12(8-17(16)23)2-1-7-26-20(29)15-11-27(21(30)19(15)28)10-13-4-5-14(24)9-18(13)25/h3-6,8-9,28H,1-2,7,10-11H2,(H,26,29). The highest BCUT2D eigenvalue weighted by Gasteiger charge is 2.34. The lowest BCUT2D eigenvalue weighted by Gasteiger charge is -2.16. The van der Waals surface area contributed by atoms with E-state index in [4.69, 9.17) is 23.2 Å². The summed E-state index contributed by atoms with van der Waals surface area (Å²) in [5.74, 6) is -3.55. The van der Waals surface area contributed by atoms with E-state index in [-0.39, 0.29) is 24.2 Å². The Balaban J connectivity index is 1.52. The van der Waals surface area contributed by atoms with E-state index in [0.29, 0.717) is 35.5 Å². The molecule has 5 nitrogen and oxygen atoms in total. The number of amides is 2. The average Bonchev–Trinajstić information content (AvgIpc) is 2.98. The molecule has 0 radical (unpaired) electrons. The predicted molar refractivity (Wildman–Crippen MR) is 109 cm³/mol. The number of nitrogens with zero attached hydrogens (tertiary/aromatic N) is 1. The summed E-state index contributed by atoms with van der Waals surface area (Å²) in [6.07, 6.45) is 1.26. The highest BCUT2D eigenvalue weighted by Crippen LogP contribution is 2.23. The number of aliphatic hydroxyl groups excluding tert-OH is 1. The quantitative estimate of drug-likeness (QED) is 0.616. The number of rotatable bonds is 7. The highest BCUT2D eigenvalue weighted by molar-refractivity contribution is 6.42. The van der Waals surface area contributed by atoms with Gasteiger partial charge in [0.1, 0.15) is 11.6 Å². The van der Waals surface area contributed by atoms with Gasteiger partial charge in [0.15, 0.2) is 5.76 Å². The molecule has 0 bridgehead atoms. The lowest BCUT2D eigenvalue weighted by atomic mass is 10.1. The fourth-order valence-corrected chi connectivity index (χ4v) is 3.40. The number of aryl methyl sites for hydroxylation is 1. The Labute approximate surface area is 181 Å². The molecule has 1 aliphatic heterocycles. The van der Waals surface area contributed by atoms with Gasteiger partial charge in [0.2, 0.25) is 0 Å². The third-order valence-corrected chi connectivity index (χ3v) is 5.43. The van der Waals surface area contributed by atoms with Crippen LogP contribution in [0.25, 0.3) is 0 Å². The van der Waals surface area contributed by atoms with Crippen LogP contribution in [0.2, 0.25) is 10.0 Å². The molecule has 0 unspecified atom stereocenters. The molecule has 0 saturated heterocycles. The number of nitrogens with one attached hydrogen (secondary N) is 1. The predicted octanol–water partition coefficient (Wildman–Crippen LogP) is 4.17. The van der Waals surface area contributed by atoms with Crippen LogP contribution in [0.4, 0.5) is 8.78 Å². The van der Waals surface area contributed by atoms with Crippen molar-refractivity contribution in [2.75, 3.05) is 13.1 Å². The van der Waals surface area contributed by atoms with Gasteiger partial charge in [-0.1, -0.05) is 35.3 Å². The Kier molecular flexibility index (Phi) is 6.95. The number of benzene rings is 2. The van der Waals surface area contributed by atoms with Crippen molar-refractivity contribution >= 4 is 35.0 Å². The fraction of sp³-hybridized carbons (Fsp3) is 0.238. The monoisotopic (exact) mass is 454 g/mol.